The second-order valence-electron chi connectivity index (χ2n) is 7.58. The number of ether oxygens (including phenoxy) is 1. The summed E-state index contributed by atoms with van der Waals surface area (Å²) in [5, 5.41) is 3.23. The molecule has 0 amide bonds. The van der Waals surface area contributed by atoms with E-state index in [1.165, 1.54) is 12.1 Å². The van der Waals surface area contributed by atoms with Crippen molar-refractivity contribution >= 4 is 15.7 Å². The highest BCUT2D eigenvalue weighted by molar-refractivity contribution is 7.90. The lowest BCUT2D eigenvalue weighted by Crippen LogP contribution is -2.19. The van der Waals surface area contributed by atoms with Crippen molar-refractivity contribution in [1.29, 1.82) is 0 Å². The lowest BCUT2D eigenvalue weighted by Gasteiger charge is -2.21. The van der Waals surface area contributed by atoms with Crippen LogP contribution in [0.1, 0.15) is 50.8 Å². The monoisotopic (exact) mass is 395 g/mol. The van der Waals surface area contributed by atoms with E-state index in [9.17, 15) is 12.8 Å². The Kier molecular flexibility index (Phi) is 6.21. The van der Waals surface area contributed by atoms with Gasteiger partial charge < -0.3 is 10.1 Å². The van der Waals surface area contributed by atoms with E-state index in [0.717, 1.165) is 11.9 Å². The summed E-state index contributed by atoms with van der Waals surface area (Å²) in [4.78, 5) is 8.78. The summed E-state index contributed by atoms with van der Waals surface area (Å²) in [5.41, 5.74) is 1.11. The highest BCUT2D eigenvalue weighted by atomic mass is 32.2. The van der Waals surface area contributed by atoms with Crippen molar-refractivity contribution in [2.75, 3.05) is 18.7 Å². The molecule has 0 saturated heterocycles. The lowest BCUT2D eigenvalue weighted by molar-refractivity contribution is 0.181. The zero-order chi connectivity index (χ0) is 20.4. The van der Waals surface area contributed by atoms with E-state index in [0.29, 0.717) is 23.8 Å². The summed E-state index contributed by atoms with van der Waals surface area (Å²) >= 11 is 0. The molecule has 0 aliphatic carbocycles. The number of halogens is 1. The van der Waals surface area contributed by atoms with Gasteiger partial charge in [0.15, 0.2) is 9.84 Å². The number of rotatable bonds is 6. The summed E-state index contributed by atoms with van der Waals surface area (Å²) in [7, 11) is -2.00. The maximum atomic E-state index is 14.2. The first-order valence-electron chi connectivity index (χ1n) is 8.55. The van der Waals surface area contributed by atoms with Gasteiger partial charge in [0.1, 0.15) is 22.4 Å². The molecule has 1 atom stereocenters. The van der Waals surface area contributed by atoms with Crippen LogP contribution < -0.4 is 5.32 Å². The quantitative estimate of drug-likeness (QED) is 0.804. The second kappa shape index (κ2) is 7.90. The third-order valence-corrected chi connectivity index (χ3v) is 5.09. The number of hydrogen-bond donors (Lipinski definition) is 1. The van der Waals surface area contributed by atoms with E-state index in [2.05, 4.69) is 15.3 Å². The summed E-state index contributed by atoms with van der Waals surface area (Å²) in [6, 6.07) is 5.62. The van der Waals surface area contributed by atoms with Gasteiger partial charge in [0.25, 0.3) is 0 Å². The van der Waals surface area contributed by atoms with Crippen LogP contribution >= 0.6 is 0 Å². The molecule has 1 unspecified atom stereocenters. The highest BCUT2D eigenvalue weighted by Gasteiger charge is 2.20. The average Bonchev–Trinajstić information content (AvgIpc) is 2.52. The Labute approximate surface area is 160 Å². The number of anilines is 1. The van der Waals surface area contributed by atoms with Gasteiger partial charge in [0, 0.05) is 24.8 Å². The number of aromatic nitrogens is 2. The molecule has 6 nitrogen and oxygen atoms in total. The minimum Gasteiger partial charge on any atom is -0.378 e. The first kappa shape index (κ1) is 21.2. The highest BCUT2D eigenvalue weighted by Crippen LogP contribution is 2.25. The largest absolute Gasteiger partial charge is 0.378 e. The molecule has 148 valence electrons. The normalized spacial score (nSPS) is 13.4. The molecule has 0 spiro atoms. The van der Waals surface area contributed by atoms with Gasteiger partial charge in [-0.15, -0.1) is 0 Å². The van der Waals surface area contributed by atoms with Gasteiger partial charge in [-0.3, -0.25) is 0 Å². The number of benzene rings is 1. The van der Waals surface area contributed by atoms with Gasteiger partial charge in [-0.2, -0.15) is 0 Å². The Morgan fingerprint density at radius 1 is 1.22 bits per heavy atom. The minimum absolute atomic E-state index is 0.243. The number of nitrogens with zero attached hydrogens (tertiary/aromatic N) is 2. The van der Waals surface area contributed by atoms with Crippen LogP contribution in [0.2, 0.25) is 0 Å². The smallest absolute Gasteiger partial charge is 0.178 e. The molecular weight excluding hydrogens is 369 g/mol. The minimum atomic E-state index is -3.60. The maximum Gasteiger partial charge on any atom is 0.178 e. The van der Waals surface area contributed by atoms with Crippen LogP contribution in [0.15, 0.2) is 29.2 Å². The maximum absolute atomic E-state index is 14.2. The SMILES string of the molecule is COCc1cc(NC(C)c2ccc(S(C)(=O)=O)c(F)c2)nc(C(C)(C)C)n1. The van der Waals surface area contributed by atoms with E-state index in [-0.39, 0.29) is 16.4 Å². The van der Waals surface area contributed by atoms with Crippen LogP contribution in [0.25, 0.3) is 0 Å². The summed E-state index contributed by atoms with van der Waals surface area (Å²) in [5.74, 6) is 0.509. The molecule has 0 aliphatic heterocycles. The fraction of sp³-hybridized carbons (Fsp3) is 0.474. The standard InChI is InChI=1S/C19H26FN3O3S/c1-12(13-7-8-16(15(20)9-13)27(6,24)25)21-17-10-14(11-26-5)22-18(23-17)19(2,3)4/h7-10,12H,11H2,1-6H3,(H,21,22,23). The Balaban J connectivity index is 2.33. The van der Waals surface area contributed by atoms with Crippen LogP contribution in [0.3, 0.4) is 0 Å². The molecule has 0 saturated carbocycles. The van der Waals surface area contributed by atoms with Crippen LogP contribution in [0.5, 0.6) is 0 Å². The van der Waals surface area contributed by atoms with Gasteiger partial charge >= 0.3 is 0 Å². The summed E-state index contributed by atoms with van der Waals surface area (Å²) < 4.78 is 42.5. The first-order valence-corrected chi connectivity index (χ1v) is 10.4. The third-order valence-electron chi connectivity index (χ3n) is 3.96. The molecule has 2 aromatic rings. The van der Waals surface area contributed by atoms with Gasteiger partial charge in [0.05, 0.1) is 18.3 Å². The molecule has 2 rings (SSSR count). The van der Waals surface area contributed by atoms with Crippen LogP contribution in [0.4, 0.5) is 10.2 Å². The molecule has 0 aliphatic rings. The summed E-state index contributed by atoms with van der Waals surface area (Å²) in [6.07, 6.45) is 0.985. The Hall–Kier alpha value is -2.06. The van der Waals surface area contributed by atoms with Crippen molar-refractivity contribution in [3.05, 3.63) is 47.2 Å². The topological polar surface area (TPSA) is 81.2 Å². The van der Waals surface area contributed by atoms with Crippen molar-refractivity contribution in [3.8, 4) is 0 Å². The van der Waals surface area contributed by atoms with Crippen LogP contribution in [-0.2, 0) is 26.6 Å². The molecular formula is C19H26FN3O3S. The van der Waals surface area contributed by atoms with Crippen molar-refractivity contribution in [2.24, 2.45) is 0 Å². The van der Waals surface area contributed by atoms with Crippen molar-refractivity contribution in [1.82, 2.24) is 9.97 Å². The van der Waals surface area contributed by atoms with Crippen LogP contribution in [0, 0.1) is 5.82 Å². The van der Waals surface area contributed by atoms with Crippen LogP contribution in [-0.4, -0.2) is 31.8 Å². The van der Waals surface area contributed by atoms with E-state index in [1.807, 2.05) is 27.7 Å². The van der Waals surface area contributed by atoms with Gasteiger partial charge in [-0.25, -0.2) is 22.8 Å². The fourth-order valence-electron chi connectivity index (χ4n) is 2.52. The van der Waals surface area contributed by atoms with Gasteiger partial charge in [-0.05, 0) is 24.6 Å². The zero-order valence-corrected chi connectivity index (χ0v) is 17.3. The second-order valence-corrected chi connectivity index (χ2v) is 9.56. The Morgan fingerprint density at radius 3 is 2.41 bits per heavy atom. The van der Waals surface area contributed by atoms with Crippen molar-refractivity contribution in [2.45, 2.75) is 50.7 Å². The van der Waals surface area contributed by atoms with E-state index >= 15 is 0 Å². The third kappa shape index (κ3) is 5.46. The first-order chi connectivity index (χ1) is 12.4. The number of sulfone groups is 1. The Morgan fingerprint density at radius 2 is 1.89 bits per heavy atom. The molecule has 8 heteroatoms. The van der Waals surface area contributed by atoms with E-state index in [4.69, 9.17) is 4.74 Å². The van der Waals surface area contributed by atoms with Gasteiger partial charge in [-0.1, -0.05) is 26.8 Å². The molecule has 0 bridgehead atoms. The predicted octanol–water partition coefficient (Wildman–Crippen LogP) is 3.64. The molecule has 27 heavy (non-hydrogen) atoms. The predicted molar refractivity (Wildman–Crippen MR) is 103 cm³/mol. The molecule has 0 radical (unpaired) electrons. The molecule has 1 aromatic carbocycles. The average molecular weight is 396 g/mol. The number of methoxy groups -OCH3 is 1. The summed E-state index contributed by atoms with van der Waals surface area (Å²) in [6.45, 7) is 8.26. The molecule has 1 N–H and O–H groups in total. The molecule has 1 aromatic heterocycles. The lowest BCUT2D eigenvalue weighted by atomic mass is 9.95. The van der Waals surface area contributed by atoms with Crippen molar-refractivity contribution in [3.63, 3.8) is 0 Å². The van der Waals surface area contributed by atoms with E-state index < -0.39 is 15.7 Å². The Bertz CT molecular complexity index is 924. The van der Waals surface area contributed by atoms with Crippen molar-refractivity contribution < 1.29 is 17.5 Å². The number of nitrogens with one attached hydrogen (secondary N) is 1. The van der Waals surface area contributed by atoms with Gasteiger partial charge in [0.2, 0.25) is 0 Å². The number of hydrogen-bond acceptors (Lipinski definition) is 6. The zero-order valence-electron chi connectivity index (χ0n) is 16.5. The molecule has 0 fully saturated rings. The fourth-order valence-corrected chi connectivity index (χ4v) is 3.25. The molecule has 1 heterocycles. The van der Waals surface area contributed by atoms with E-state index in [1.54, 1.807) is 19.2 Å².